The molecular weight excluding hydrogens is 275 g/mol. The van der Waals surface area contributed by atoms with Crippen LogP contribution in [0.5, 0.6) is 0 Å². The van der Waals surface area contributed by atoms with Crippen LogP contribution in [0.1, 0.15) is 57.9 Å². The number of nitrogens with one attached hydrogen (secondary N) is 1. The molecule has 1 fully saturated rings. The summed E-state index contributed by atoms with van der Waals surface area (Å²) in [5, 5.41) is 11.4. The summed E-state index contributed by atoms with van der Waals surface area (Å²) in [5.41, 5.74) is 3.00. The first-order valence-electron chi connectivity index (χ1n) is 8.45. The average molecular weight is 298 g/mol. The van der Waals surface area contributed by atoms with E-state index in [9.17, 15) is 5.02 Å². The Morgan fingerprint density at radius 3 is 2.73 bits per heavy atom. The number of hydrogen-bond donors (Lipinski definition) is 2. The van der Waals surface area contributed by atoms with Gasteiger partial charge in [-0.05, 0) is 42.7 Å². The van der Waals surface area contributed by atoms with Crippen molar-refractivity contribution in [2.24, 2.45) is 5.41 Å². The maximum absolute atomic E-state index is 10.3. The first-order valence-corrected chi connectivity index (χ1v) is 8.45. The van der Waals surface area contributed by atoms with Gasteiger partial charge in [-0.15, -0.1) is 0 Å². The van der Waals surface area contributed by atoms with Gasteiger partial charge in [0.25, 0.3) is 0 Å². The third kappa shape index (κ3) is 1.82. The van der Waals surface area contributed by atoms with E-state index >= 15 is 0 Å². The van der Waals surface area contributed by atoms with E-state index in [1.54, 1.807) is 6.20 Å². The first-order chi connectivity index (χ1) is 10.6. The first kappa shape index (κ1) is 14.3. The van der Waals surface area contributed by atoms with Crippen molar-refractivity contribution in [3.63, 3.8) is 0 Å². The quantitative estimate of drug-likeness (QED) is 0.853. The normalized spacial score (nSPS) is 21.3. The predicted octanol–water partition coefficient (Wildman–Crippen LogP) is 2.86. The molecule has 0 bridgehead atoms. The average Bonchev–Trinajstić information content (AvgIpc) is 3.02. The van der Waals surface area contributed by atoms with E-state index in [-0.39, 0.29) is 5.60 Å². The minimum absolute atomic E-state index is 0.303. The van der Waals surface area contributed by atoms with Gasteiger partial charge in [-0.1, -0.05) is 26.7 Å². The summed E-state index contributed by atoms with van der Waals surface area (Å²) in [5.74, 6) is 0. The number of aromatic amines is 1. The van der Waals surface area contributed by atoms with E-state index in [0.29, 0.717) is 5.41 Å². The minimum Gasteiger partial charge on any atom is -0.423 e. The van der Waals surface area contributed by atoms with Crippen LogP contribution < -0.4 is 5.46 Å². The highest BCUT2D eigenvalue weighted by atomic mass is 16.5. The number of nitrogens with zero attached hydrogens (tertiary/aromatic N) is 1. The smallest absolute Gasteiger partial charge is 0.423 e. The molecule has 0 atom stereocenters. The maximum Gasteiger partial charge on any atom is 0.493 e. The summed E-state index contributed by atoms with van der Waals surface area (Å²) in [7, 11) is -0.831. The van der Waals surface area contributed by atoms with E-state index in [1.165, 1.54) is 31.2 Å². The maximum atomic E-state index is 10.3. The standard InChI is InChI=1S/C17H23BN2O2/c1-3-6-16(7-4-2)10-17(11-16)14-12-5-8-19-15(12)20-9-13(14)18(21)22-17/h5,8-9,21H,3-4,6-7,10-11H2,1-2H3,(H,19,20). The fourth-order valence-corrected chi connectivity index (χ4v) is 5.01. The summed E-state index contributed by atoms with van der Waals surface area (Å²) in [6, 6.07) is 2.06. The second kappa shape index (κ2) is 4.83. The predicted molar refractivity (Wildman–Crippen MR) is 87.9 cm³/mol. The topological polar surface area (TPSA) is 58.1 Å². The third-order valence-corrected chi connectivity index (χ3v) is 5.56. The van der Waals surface area contributed by atoms with Crippen LogP contribution in [0, 0.1) is 5.41 Å². The Hall–Kier alpha value is -1.33. The van der Waals surface area contributed by atoms with Crippen LogP contribution in [0.2, 0.25) is 0 Å². The van der Waals surface area contributed by atoms with Gasteiger partial charge in [0, 0.05) is 23.2 Å². The molecule has 116 valence electrons. The fourth-order valence-electron chi connectivity index (χ4n) is 5.01. The van der Waals surface area contributed by atoms with Gasteiger partial charge in [0.2, 0.25) is 0 Å². The molecular formula is C17H23BN2O2. The molecule has 3 heterocycles. The van der Waals surface area contributed by atoms with Crippen molar-refractivity contribution < 1.29 is 9.68 Å². The molecule has 2 aromatic heterocycles. The molecule has 2 aliphatic rings. The summed E-state index contributed by atoms with van der Waals surface area (Å²) < 4.78 is 6.08. The van der Waals surface area contributed by atoms with Gasteiger partial charge in [-0.25, -0.2) is 4.98 Å². The Bertz CT molecular complexity index is 698. The Labute approximate surface area is 131 Å². The van der Waals surface area contributed by atoms with Crippen LogP contribution in [0.4, 0.5) is 0 Å². The molecule has 5 heteroatoms. The van der Waals surface area contributed by atoms with Crippen molar-refractivity contribution in [3.05, 3.63) is 24.0 Å². The van der Waals surface area contributed by atoms with Gasteiger partial charge < -0.3 is 14.7 Å². The van der Waals surface area contributed by atoms with E-state index in [1.807, 2.05) is 6.20 Å². The zero-order valence-corrected chi connectivity index (χ0v) is 13.4. The second-order valence-corrected chi connectivity index (χ2v) is 7.15. The van der Waals surface area contributed by atoms with Crippen LogP contribution in [-0.2, 0) is 10.3 Å². The van der Waals surface area contributed by atoms with Crippen LogP contribution in [0.3, 0.4) is 0 Å². The van der Waals surface area contributed by atoms with Gasteiger partial charge >= 0.3 is 7.12 Å². The molecule has 1 spiro atoms. The molecule has 0 radical (unpaired) electrons. The lowest BCUT2D eigenvalue weighted by Gasteiger charge is -2.55. The summed E-state index contributed by atoms with van der Waals surface area (Å²) in [6.07, 6.45) is 10.7. The van der Waals surface area contributed by atoms with Gasteiger partial charge in [0.1, 0.15) is 5.65 Å². The molecule has 1 saturated carbocycles. The molecule has 4 rings (SSSR count). The highest BCUT2D eigenvalue weighted by Gasteiger charge is 2.61. The van der Waals surface area contributed by atoms with E-state index in [4.69, 9.17) is 4.65 Å². The number of aromatic nitrogens is 2. The molecule has 0 saturated heterocycles. The highest BCUT2D eigenvalue weighted by Crippen LogP contribution is 2.62. The van der Waals surface area contributed by atoms with E-state index in [0.717, 1.165) is 29.3 Å². The minimum atomic E-state index is -0.831. The van der Waals surface area contributed by atoms with Crippen LogP contribution >= 0.6 is 0 Å². The number of H-pyrrole nitrogens is 1. The van der Waals surface area contributed by atoms with Crippen molar-refractivity contribution in [1.82, 2.24) is 9.97 Å². The van der Waals surface area contributed by atoms with Gasteiger partial charge in [-0.3, -0.25) is 0 Å². The van der Waals surface area contributed by atoms with Crippen molar-refractivity contribution in [3.8, 4) is 0 Å². The summed E-state index contributed by atoms with van der Waals surface area (Å²) >= 11 is 0. The molecule has 1 aliphatic heterocycles. The number of rotatable bonds is 4. The SMILES string of the molecule is CCCC1(CCC)CC2(C1)OB(O)c1cnc3[nH]ccc3c12. The summed E-state index contributed by atoms with van der Waals surface area (Å²) in [6.45, 7) is 4.52. The van der Waals surface area contributed by atoms with E-state index < -0.39 is 7.12 Å². The number of pyridine rings is 1. The largest absolute Gasteiger partial charge is 0.493 e. The van der Waals surface area contributed by atoms with Crippen molar-refractivity contribution in [2.45, 2.75) is 58.0 Å². The monoisotopic (exact) mass is 298 g/mol. The van der Waals surface area contributed by atoms with Crippen molar-refractivity contribution in [2.75, 3.05) is 0 Å². The molecule has 2 aromatic rings. The molecule has 0 amide bonds. The second-order valence-electron chi connectivity index (χ2n) is 7.15. The molecule has 0 aromatic carbocycles. The third-order valence-electron chi connectivity index (χ3n) is 5.56. The van der Waals surface area contributed by atoms with Gasteiger partial charge in [0.15, 0.2) is 0 Å². The Kier molecular flexibility index (Phi) is 3.14. The molecule has 1 aliphatic carbocycles. The lowest BCUT2D eigenvalue weighted by Crippen LogP contribution is -2.50. The lowest BCUT2D eigenvalue weighted by molar-refractivity contribution is -0.124. The zero-order valence-electron chi connectivity index (χ0n) is 13.4. The molecule has 2 N–H and O–H groups in total. The Morgan fingerprint density at radius 1 is 1.32 bits per heavy atom. The Balaban J connectivity index is 1.76. The van der Waals surface area contributed by atoms with Crippen molar-refractivity contribution in [1.29, 1.82) is 0 Å². The Morgan fingerprint density at radius 2 is 2.05 bits per heavy atom. The van der Waals surface area contributed by atoms with Gasteiger partial charge in [-0.2, -0.15) is 0 Å². The number of fused-ring (bicyclic) bond motifs is 4. The van der Waals surface area contributed by atoms with Crippen LogP contribution in [-0.4, -0.2) is 22.1 Å². The van der Waals surface area contributed by atoms with Gasteiger partial charge in [0.05, 0.1) is 5.60 Å². The van der Waals surface area contributed by atoms with Crippen LogP contribution in [0.25, 0.3) is 11.0 Å². The molecule has 4 nitrogen and oxygen atoms in total. The van der Waals surface area contributed by atoms with Crippen molar-refractivity contribution >= 4 is 23.6 Å². The lowest BCUT2D eigenvalue weighted by atomic mass is 9.53. The van der Waals surface area contributed by atoms with E-state index in [2.05, 4.69) is 29.9 Å². The molecule has 0 unspecified atom stereocenters. The summed E-state index contributed by atoms with van der Waals surface area (Å²) in [4.78, 5) is 7.57. The molecule has 22 heavy (non-hydrogen) atoms. The highest BCUT2D eigenvalue weighted by molar-refractivity contribution is 6.62. The number of hydrogen-bond acceptors (Lipinski definition) is 3. The van der Waals surface area contributed by atoms with Crippen LogP contribution in [0.15, 0.2) is 18.5 Å². The zero-order chi connectivity index (χ0) is 15.4. The fraction of sp³-hybridized carbons (Fsp3) is 0.588.